The van der Waals surface area contributed by atoms with E-state index in [0.717, 1.165) is 56.1 Å². The van der Waals surface area contributed by atoms with E-state index < -0.39 is 0 Å². The van der Waals surface area contributed by atoms with Gasteiger partial charge in [-0.05, 0) is 44.1 Å². The Morgan fingerprint density at radius 1 is 1.09 bits per heavy atom. The summed E-state index contributed by atoms with van der Waals surface area (Å²) >= 11 is 0. The van der Waals surface area contributed by atoms with Crippen molar-refractivity contribution in [3.63, 3.8) is 0 Å². The molecule has 2 aromatic rings. The van der Waals surface area contributed by atoms with Crippen LogP contribution in [0.15, 0.2) is 35.3 Å². The predicted octanol–water partition coefficient (Wildman–Crippen LogP) is 4.06. The molecule has 1 aliphatic heterocycles. The van der Waals surface area contributed by atoms with Gasteiger partial charge >= 0.3 is 0 Å². The topological polar surface area (TPSA) is 67.6 Å². The summed E-state index contributed by atoms with van der Waals surface area (Å²) < 4.78 is 8.28. The first-order valence-electron chi connectivity index (χ1n) is 11.7. The minimum atomic E-state index is 0. The summed E-state index contributed by atoms with van der Waals surface area (Å²) in [6.45, 7) is 6.13. The molecule has 2 heterocycles. The van der Waals surface area contributed by atoms with Gasteiger partial charge in [-0.3, -0.25) is 0 Å². The third kappa shape index (κ3) is 6.91. The number of guanidine groups is 1. The Balaban J connectivity index is 0.00000289. The highest BCUT2D eigenvalue weighted by molar-refractivity contribution is 14.0. The second-order valence-corrected chi connectivity index (χ2v) is 8.87. The molecule has 1 N–H and O–H groups in total. The van der Waals surface area contributed by atoms with Crippen LogP contribution in [0.5, 0.6) is 0 Å². The quantitative estimate of drug-likeness (QED) is 0.319. The summed E-state index contributed by atoms with van der Waals surface area (Å²) in [5.41, 5.74) is 1.21. The third-order valence-electron chi connectivity index (χ3n) is 6.63. The van der Waals surface area contributed by atoms with Crippen molar-refractivity contribution in [2.75, 3.05) is 19.7 Å². The van der Waals surface area contributed by atoms with Gasteiger partial charge in [0.25, 0.3) is 0 Å². The van der Waals surface area contributed by atoms with Crippen molar-refractivity contribution in [1.82, 2.24) is 25.0 Å². The van der Waals surface area contributed by atoms with Crippen LogP contribution in [0.25, 0.3) is 0 Å². The number of halogens is 1. The van der Waals surface area contributed by atoms with Gasteiger partial charge in [-0.15, -0.1) is 34.2 Å². The first-order chi connectivity index (χ1) is 15.2. The van der Waals surface area contributed by atoms with Gasteiger partial charge in [0.2, 0.25) is 0 Å². The number of benzene rings is 1. The Labute approximate surface area is 209 Å². The molecule has 1 saturated carbocycles. The molecule has 7 nitrogen and oxygen atoms in total. The number of likely N-dealkylation sites (tertiary alicyclic amines) is 1. The molecule has 8 heteroatoms. The first kappa shape index (κ1) is 25.0. The maximum atomic E-state index is 6.26. The van der Waals surface area contributed by atoms with Crippen LogP contribution in [0.3, 0.4) is 0 Å². The molecular formula is C24H37IN6O. The van der Waals surface area contributed by atoms with Gasteiger partial charge in [-0.1, -0.05) is 43.2 Å². The molecule has 0 spiro atoms. The fraction of sp³-hybridized carbons (Fsp3) is 0.625. The Hall–Kier alpha value is -1.68. The summed E-state index contributed by atoms with van der Waals surface area (Å²) in [6.07, 6.45) is 7.95. The molecule has 1 aliphatic carbocycles. The van der Waals surface area contributed by atoms with Crippen molar-refractivity contribution in [3.8, 4) is 0 Å². The monoisotopic (exact) mass is 552 g/mol. The van der Waals surface area contributed by atoms with Crippen molar-refractivity contribution in [2.45, 2.75) is 64.6 Å². The molecular weight excluding hydrogens is 515 g/mol. The standard InChI is InChI=1S/C24H36N6O.HI/c1-19-27-28-23(29(19)2)17-26-24(25-16-20-8-4-3-5-9-20)30-14-12-22(13-15-30)31-18-21-10-6-7-11-21;/h3-5,8-9,21-22H,6-7,10-18H2,1-2H3,(H,25,26);1H. The van der Waals surface area contributed by atoms with Crippen molar-refractivity contribution >= 4 is 29.9 Å². The normalized spacial score (nSPS) is 18.1. The number of hydrogen-bond acceptors (Lipinski definition) is 4. The van der Waals surface area contributed by atoms with Crippen LogP contribution in [-0.4, -0.2) is 51.4 Å². The van der Waals surface area contributed by atoms with Gasteiger partial charge in [-0.2, -0.15) is 0 Å². The predicted molar refractivity (Wildman–Crippen MR) is 138 cm³/mol. The van der Waals surface area contributed by atoms with Gasteiger partial charge in [0, 0.05) is 26.7 Å². The SMILES string of the molecule is Cc1nnc(CNC(=NCc2ccccc2)N2CCC(OCC3CCCC3)CC2)n1C.I. The number of aryl methyl sites for hydroxylation is 1. The zero-order valence-corrected chi connectivity index (χ0v) is 21.7. The average molecular weight is 553 g/mol. The van der Waals surface area contributed by atoms with Crippen LogP contribution in [0.4, 0.5) is 0 Å². The lowest BCUT2D eigenvalue weighted by molar-refractivity contribution is 0.000977. The Morgan fingerprint density at radius 3 is 2.47 bits per heavy atom. The number of hydrogen-bond donors (Lipinski definition) is 1. The second-order valence-electron chi connectivity index (χ2n) is 8.87. The number of nitrogens with zero attached hydrogens (tertiary/aromatic N) is 5. The van der Waals surface area contributed by atoms with Crippen LogP contribution in [0, 0.1) is 12.8 Å². The van der Waals surface area contributed by atoms with E-state index in [0.29, 0.717) is 19.2 Å². The van der Waals surface area contributed by atoms with E-state index in [1.807, 2.05) is 24.6 Å². The smallest absolute Gasteiger partial charge is 0.194 e. The van der Waals surface area contributed by atoms with E-state index in [9.17, 15) is 0 Å². The molecule has 1 saturated heterocycles. The first-order valence-corrected chi connectivity index (χ1v) is 11.7. The summed E-state index contributed by atoms with van der Waals surface area (Å²) in [6, 6.07) is 10.4. The summed E-state index contributed by atoms with van der Waals surface area (Å²) in [4.78, 5) is 7.30. The highest BCUT2D eigenvalue weighted by Gasteiger charge is 2.24. The Kier molecular flexibility index (Phi) is 9.77. The van der Waals surface area contributed by atoms with Crippen molar-refractivity contribution in [1.29, 1.82) is 0 Å². The molecule has 1 aromatic heterocycles. The molecule has 4 rings (SSSR count). The number of nitrogens with one attached hydrogen (secondary N) is 1. The lowest BCUT2D eigenvalue weighted by atomic mass is 10.1. The third-order valence-corrected chi connectivity index (χ3v) is 6.63. The molecule has 0 amide bonds. The molecule has 0 bridgehead atoms. The lowest BCUT2D eigenvalue weighted by Crippen LogP contribution is -2.47. The summed E-state index contributed by atoms with van der Waals surface area (Å²) in [7, 11) is 2.00. The lowest BCUT2D eigenvalue weighted by Gasteiger charge is -2.34. The van der Waals surface area contributed by atoms with Crippen LogP contribution < -0.4 is 5.32 Å². The number of aliphatic imine (C=N–C) groups is 1. The van der Waals surface area contributed by atoms with Crippen LogP contribution in [0.1, 0.15) is 55.7 Å². The Bertz CT molecular complexity index is 841. The molecule has 0 atom stereocenters. The molecule has 0 unspecified atom stereocenters. The van der Waals surface area contributed by atoms with Crippen LogP contribution >= 0.6 is 24.0 Å². The van der Waals surface area contributed by atoms with E-state index in [1.54, 1.807) is 0 Å². The molecule has 32 heavy (non-hydrogen) atoms. The molecule has 2 fully saturated rings. The van der Waals surface area contributed by atoms with Gasteiger partial charge < -0.3 is 19.5 Å². The van der Waals surface area contributed by atoms with Gasteiger partial charge in [0.15, 0.2) is 11.8 Å². The molecule has 0 radical (unpaired) electrons. The Morgan fingerprint density at radius 2 is 1.81 bits per heavy atom. The van der Waals surface area contributed by atoms with Crippen molar-refractivity contribution in [2.24, 2.45) is 18.0 Å². The maximum Gasteiger partial charge on any atom is 0.194 e. The van der Waals surface area contributed by atoms with Gasteiger partial charge in [0.05, 0.1) is 19.2 Å². The maximum absolute atomic E-state index is 6.26. The molecule has 176 valence electrons. The van der Waals surface area contributed by atoms with E-state index in [2.05, 4.69) is 44.7 Å². The van der Waals surface area contributed by atoms with E-state index in [1.165, 1.54) is 31.2 Å². The van der Waals surface area contributed by atoms with Crippen molar-refractivity contribution in [3.05, 3.63) is 47.5 Å². The second kappa shape index (κ2) is 12.5. The summed E-state index contributed by atoms with van der Waals surface area (Å²) in [5.74, 6) is 3.57. The number of ether oxygens (including phenoxy) is 1. The van der Waals surface area contributed by atoms with Gasteiger partial charge in [-0.25, -0.2) is 4.99 Å². The fourth-order valence-electron chi connectivity index (χ4n) is 4.46. The van der Waals surface area contributed by atoms with Crippen LogP contribution in [-0.2, 0) is 24.9 Å². The summed E-state index contributed by atoms with van der Waals surface area (Å²) in [5, 5.41) is 12.0. The minimum Gasteiger partial charge on any atom is -0.378 e. The fourth-order valence-corrected chi connectivity index (χ4v) is 4.46. The largest absolute Gasteiger partial charge is 0.378 e. The highest BCUT2D eigenvalue weighted by Crippen LogP contribution is 2.26. The van der Waals surface area contributed by atoms with E-state index in [4.69, 9.17) is 9.73 Å². The average Bonchev–Trinajstić information content (AvgIpc) is 3.44. The van der Waals surface area contributed by atoms with Gasteiger partial charge in [0.1, 0.15) is 5.82 Å². The number of rotatable bonds is 7. The zero-order valence-electron chi connectivity index (χ0n) is 19.4. The number of aromatic nitrogens is 3. The molecule has 1 aromatic carbocycles. The van der Waals surface area contributed by atoms with Crippen LogP contribution in [0.2, 0.25) is 0 Å². The molecule has 2 aliphatic rings. The van der Waals surface area contributed by atoms with Crippen molar-refractivity contribution < 1.29 is 4.74 Å². The number of piperidine rings is 1. The zero-order chi connectivity index (χ0) is 21.5. The minimum absolute atomic E-state index is 0. The van der Waals surface area contributed by atoms with E-state index >= 15 is 0 Å². The van der Waals surface area contributed by atoms with E-state index in [-0.39, 0.29) is 24.0 Å². The highest BCUT2D eigenvalue weighted by atomic mass is 127.